The third kappa shape index (κ3) is 1.95. The number of rotatable bonds is 2. The van der Waals surface area contributed by atoms with E-state index < -0.39 is 0 Å². The van der Waals surface area contributed by atoms with Gasteiger partial charge in [-0.3, -0.25) is 10.1 Å². The van der Waals surface area contributed by atoms with Crippen LogP contribution in [-0.2, 0) is 0 Å². The minimum absolute atomic E-state index is 0.875. The van der Waals surface area contributed by atoms with Crippen molar-refractivity contribution in [1.82, 2.24) is 15.2 Å². The van der Waals surface area contributed by atoms with Crippen molar-refractivity contribution < 1.29 is 0 Å². The number of H-pyrrole nitrogens is 1. The molecule has 1 aromatic carbocycles. The van der Waals surface area contributed by atoms with E-state index in [2.05, 4.69) is 33.5 Å². The first kappa shape index (κ1) is 9.78. The Morgan fingerprint density at radius 2 is 1.88 bits per heavy atom. The minimum Gasteiger partial charge on any atom is -0.276 e. The van der Waals surface area contributed by atoms with Crippen molar-refractivity contribution in [2.75, 3.05) is 0 Å². The third-order valence-electron chi connectivity index (χ3n) is 2.59. The van der Waals surface area contributed by atoms with Gasteiger partial charge in [0.1, 0.15) is 6.20 Å². The van der Waals surface area contributed by atoms with Gasteiger partial charge in [-0.25, -0.2) is 0 Å². The molecule has 0 aliphatic heterocycles. The van der Waals surface area contributed by atoms with Gasteiger partial charge in [-0.1, -0.05) is 30.3 Å². The molecule has 1 N–H and O–H groups in total. The normalized spacial score (nSPS) is 10.4. The fraction of sp³-hybridized carbons (Fsp3) is 0. The molecule has 2 heterocycles. The van der Waals surface area contributed by atoms with Gasteiger partial charge in [0.15, 0.2) is 0 Å². The maximum atomic E-state index is 4.32. The zero-order valence-electron chi connectivity index (χ0n) is 9.09. The molecule has 0 spiro atoms. The lowest BCUT2D eigenvalue weighted by molar-refractivity contribution is 1.08. The van der Waals surface area contributed by atoms with Gasteiger partial charge in [-0.2, -0.15) is 5.10 Å². The molecule has 3 nitrogen and oxygen atoms in total. The molecule has 0 unspecified atom stereocenters. The number of pyridine rings is 1. The lowest BCUT2D eigenvalue weighted by atomic mass is 10.1. The monoisotopic (exact) mass is 220 g/mol. The number of aromatic nitrogens is 3. The van der Waals surface area contributed by atoms with Crippen LogP contribution in [0.3, 0.4) is 0 Å². The van der Waals surface area contributed by atoms with Crippen LogP contribution in [0, 0.1) is 6.20 Å². The van der Waals surface area contributed by atoms with Crippen LogP contribution in [0.15, 0.2) is 54.7 Å². The number of nitrogens with one attached hydrogen (secondary N) is 1. The van der Waals surface area contributed by atoms with Crippen molar-refractivity contribution in [3.05, 3.63) is 60.9 Å². The summed E-state index contributed by atoms with van der Waals surface area (Å²) in [5.41, 5.74) is 4.08. The molecule has 3 aromatic rings. The van der Waals surface area contributed by atoms with Crippen LogP contribution in [0.2, 0.25) is 0 Å². The lowest BCUT2D eigenvalue weighted by Crippen LogP contribution is -1.85. The zero-order valence-corrected chi connectivity index (χ0v) is 9.09. The summed E-state index contributed by atoms with van der Waals surface area (Å²) in [6.07, 6.45) is 4.55. The van der Waals surface area contributed by atoms with Crippen LogP contribution >= 0.6 is 0 Å². The molecular weight excluding hydrogens is 210 g/mol. The van der Waals surface area contributed by atoms with Gasteiger partial charge in [0.2, 0.25) is 0 Å². The maximum Gasteiger partial charge on any atom is 0.113 e. The summed E-state index contributed by atoms with van der Waals surface area (Å²) >= 11 is 0. The van der Waals surface area contributed by atoms with E-state index >= 15 is 0 Å². The summed E-state index contributed by atoms with van der Waals surface area (Å²) in [4.78, 5) is 4.32. The van der Waals surface area contributed by atoms with Crippen LogP contribution in [-0.4, -0.2) is 15.2 Å². The minimum atomic E-state index is 0.875. The van der Waals surface area contributed by atoms with Crippen molar-refractivity contribution in [3.63, 3.8) is 0 Å². The second-order valence-electron chi connectivity index (χ2n) is 3.71. The van der Waals surface area contributed by atoms with Crippen molar-refractivity contribution in [2.24, 2.45) is 0 Å². The van der Waals surface area contributed by atoms with Gasteiger partial charge >= 0.3 is 0 Å². The molecule has 0 atom stereocenters. The lowest BCUT2D eigenvalue weighted by Gasteiger charge is -2.03. The summed E-state index contributed by atoms with van der Waals surface area (Å²) in [6.45, 7) is 0. The largest absolute Gasteiger partial charge is 0.276 e. The Kier molecular flexibility index (Phi) is 2.43. The van der Waals surface area contributed by atoms with E-state index in [-0.39, 0.29) is 0 Å². The fourth-order valence-corrected chi connectivity index (χ4v) is 1.74. The van der Waals surface area contributed by atoms with Crippen molar-refractivity contribution in [2.45, 2.75) is 0 Å². The van der Waals surface area contributed by atoms with E-state index in [1.54, 1.807) is 12.3 Å². The number of hydrogen-bond donors (Lipinski definition) is 1. The van der Waals surface area contributed by atoms with E-state index in [1.165, 1.54) is 5.56 Å². The molecule has 1 radical (unpaired) electrons. The summed E-state index contributed by atoms with van der Waals surface area (Å²) in [7, 11) is 0. The zero-order chi connectivity index (χ0) is 11.5. The summed E-state index contributed by atoms with van der Waals surface area (Å²) in [6, 6.07) is 16.1. The third-order valence-corrected chi connectivity index (χ3v) is 2.59. The quantitative estimate of drug-likeness (QED) is 0.721. The summed E-state index contributed by atoms with van der Waals surface area (Å²) in [5, 5.41) is 6.68. The highest BCUT2D eigenvalue weighted by Crippen LogP contribution is 2.22. The standard InChI is InChI=1S/C14H10N3/c1-2-4-11(5-3-1)12-6-8-15-14(10-12)13-7-9-16-17-13/h1-8,10H,(H,16,17). The Morgan fingerprint density at radius 3 is 2.65 bits per heavy atom. The molecule has 0 aliphatic rings. The molecule has 17 heavy (non-hydrogen) atoms. The molecule has 0 fully saturated rings. The summed E-state index contributed by atoms with van der Waals surface area (Å²) in [5.74, 6) is 0. The van der Waals surface area contributed by atoms with Crippen LogP contribution in [0.5, 0.6) is 0 Å². The molecule has 3 rings (SSSR count). The highest BCUT2D eigenvalue weighted by molar-refractivity contribution is 5.68. The predicted octanol–water partition coefficient (Wildman–Crippen LogP) is 2.94. The average Bonchev–Trinajstić information content (AvgIpc) is 2.94. The van der Waals surface area contributed by atoms with Crippen molar-refractivity contribution in [1.29, 1.82) is 0 Å². The van der Waals surface area contributed by atoms with Gasteiger partial charge < -0.3 is 0 Å². The molecule has 0 aliphatic carbocycles. The number of hydrogen-bond acceptors (Lipinski definition) is 2. The highest BCUT2D eigenvalue weighted by Gasteiger charge is 2.03. The number of benzene rings is 1. The van der Waals surface area contributed by atoms with E-state index in [0.29, 0.717) is 0 Å². The highest BCUT2D eigenvalue weighted by atomic mass is 15.1. The van der Waals surface area contributed by atoms with Crippen molar-refractivity contribution >= 4 is 0 Å². The first-order valence-electron chi connectivity index (χ1n) is 5.37. The van der Waals surface area contributed by atoms with E-state index in [1.807, 2.05) is 30.3 Å². The Morgan fingerprint density at radius 1 is 1.00 bits per heavy atom. The molecule has 3 heteroatoms. The van der Waals surface area contributed by atoms with Gasteiger partial charge in [-0.15, -0.1) is 0 Å². The Balaban J connectivity index is 2.06. The van der Waals surface area contributed by atoms with Gasteiger partial charge in [-0.05, 0) is 29.3 Å². The van der Waals surface area contributed by atoms with Crippen LogP contribution in [0.1, 0.15) is 0 Å². The molecule has 2 aromatic heterocycles. The van der Waals surface area contributed by atoms with Gasteiger partial charge in [0.05, 0.1) is 11.4 Å². The van der Waals surface area contributed by atoms with Crippen molar-refractivity contribution in [3.8, 4) is 22.5 Å². The Hall–Kier alpha value is -2.42. The molecule has 0 amide bonds. The predicted molar refractivity (Wildman–Crippen MR) is 66.1 cm³/mol. The van der Waals surface area contributed by atoms with E-state index in [9.17, 15) is 0 Å². The molecule has 0 saturated carbocycles. The van der Waals surface area contributed by atoms with Gasteiger partial charge in [0, 0.05) is 6.20 Å². The molecule has 0 saturated heterocycles. The average molecular weight is 220 g/mol. The van der Waals surface area contributed by atoms with Crippen LogP contribution in [0.25, 0.3) is 22.5 Å². The SMILES string of the molecule is [c]1cc(-c2cc(-c3ccccc3)ccn2)[nH]n1. The van der Waals surface area contributed by atoms with E-state index in [0.717, 1.165) is 17.0 Å². The number of nitrogens with zero attached hydrogens (tertiary/aromatic N) is 2. The molecule has 81 valence electrons. The molecule has 0 bridgehead atoms. The van der Waals surface area contributed by atoms with Crippen LogP contribution < -0.4 is 0 Å². The summed E-state index contributed by atoms with van der Waals surface area (Å²) < 4.78 is 0. The van der Waals surface area contributed by atoms with E-state index in [4.69, 9.17) is 0 Å². The first-order chi connectivity index (χ1) is 8.43. The number of aromatic amines is 1. The fourth-order valence-electron chi connectivity index (χ4n) is 1.74. The molecular formula is C14H10N3. The Labute approximate surface area is 99.2 Å². The first-order valence-corrected chi connectivity index (χ1v) is 5.37. The smallest absolute Gasteiger partial charge is 0.113 e. The second kappa shape index (κ2) is 4.22. The second-order valence-corrected chi connectivity index (χ2v) is 3.71. The Bertz CT molecular complexity index is 600. The van der Waals surface area contributed by atoms with Crippen LogP contribution in [0.4, 0.5) is 0 Å². The topological polar surface area (TPSA) is 41.6 Å². The maximum absolute atomic E-state index is 4.32. The van der Waals surface area contributed by atoms with Gasteiger partial charge in [0.25, 0.3) is 0 Å².